The lowest BCUT2D eigenvalue weighted by molar-refractivity contribution is -0.141. The van der Waals surface area contributed by atoms with Crippen LogP contribution in [0.3, 0.4) is 0 Å². The number of hydrogen-bond acceptors (Lipinski definition) is 4. The number of amides is 1. The summed E-state index contributed by atoms with van der Waals surface area (Å²) in [4.78, 5) is 24.3. The lowest BCUT2D eigenvalue weighted by Crippen LogP contribution is -2.47. The number of rotatable bonds is 5. The molecule has 2 atom stereocenters. The van der Waals surface area contributed by atoms with E-state index in [2.05, 4.69) is 5.32 Å². The fraction of sp³-hybridized carbons (Fsp3) is 0.500. The smallest absolute Gasteiger partial charge is 0.328 e. The summed E-state index contributed by atoms with van der Waals surface area (Å²) in [6.45, 7) is 5.24. The number of hydrogen-bond donors (Lipinski definition) is 3. The summed E-state index contributed by atoms with van der Waals surface area (Å²) in [5.74, 6) is -1.71. The second kappa shape index (κ2) is 5.97. The van der Waals surface area contributed by atoms with Crippen LogP contribution in [0.5, 0.6) is 0 Å². The van der Waals surface area contributed by atoms with E-state index in [4.69, 9.17) is 5.11 Å². The Morgan fingerprint density at radius 2 is 2.11 bits per heavy atom. The fourth-order valence-electron chi connectivity index (χ4n) is 1.58. The van der Waals surface area contributed by atoms with E-state index < -0.39 is 24.0 Å². The third-order valence-corrected chi connectivity index (χ3v) is 3.75. The van der Waals surface area contributed by atoms with E-state index in [0.717, 1.165) is 16.9 Å². The number of nitrogens with one attached hydrogen (secondary N) is 1. The minimum Gasteiger partial charge on any atom is -0.480 e. The van der Waals surface area contributed by atoms with Gasteiger partial charge in [0.15, 0.2) is 6.04 Å². The van der Waals surface area contributed by atoms with Crippen LogP contribution < -0.4 is 5.32 Å². The van der Waals surface area contributed by atoms with Crippen molar-refractivity contribution in [2.45, 2.75) is 39.3 Å². The Labute approximate surface area is 109 Å². The molecule has 0 radical (unpaired) electrons. The van der Waals surface area contributed by atoms with Gasteiger partial charge >= 0.3 is 5.97 Å². The summed E-state index contributed by atoms with van der Waals surface area (Å²) in [6.07, 6.45) is -0.313. The van der Waals surface area contributed by atoms with Crippen LogP contribution in [0.4, 0.5) is 0 Å². The first-order valence-electron chi connectivity index (χ1n) is 5.67. The Kier molecular flexibility index (Phi) is 4.86. The van der Waals surface area contributed by atoms with E-state index in [1.807, 2.05) is 13.8 Å². The largest absolute Gasteiger partial charge is 0.480 e. The number of thiophene rings is 1. The fourth-order valence-corrected chi connectivity index (χ4v) is 2.60. The second-order valence-electron chi connectivity index (χ2n) is 4.08. The zero-order valence-electron chi connectivity index (χ0n) is 10.6. The highest BCUT2D eigenvalue weighted by molar-refractivity contribution is 7.14. The van der Waals surface area contributed by atoms with Gasteiger partial charge in [0.05, 0.1) is 11.0 Å². The van der Waals surface area contributed by atoms with Gasteiger partial charge in [-0.05, 0) is 31.9 Å². The zero-order valence-corrected chi connectivity index (χ0v) is 11.4. The van der Waals surface area contributed by atoms with Crippen molar-refractivity contribution in [3.8, 4) is 0 Å². The highest BCUT2D eigenvalue weighted by Gasteiger charge is 2.26. The molecule has 0 bridgehead atoms. The van der Waals surface area contributed by atoms with Gasteiger partial charge in [0, 0.05) is 4.88 Å². The molecule has 18 heavy (non-hydrogen) atoms. The first-order chi connectivity index (χ1) is 8.36. The van der Waals surface area contributed by atoms with Crippen molar-refractivity contribution in [3.05, 3.63) is 21.4 Å². The maximum Gasteiger partial charge on any atom is 0.328 e. The van der Waals surface area contributed by atoms with Gasteiger partial charge in [-0.15, -0.1) is 11.3 Å². The van der Waals surface area contributed by atoms with E-state index in [1.165, 1.54) is 18.3 Å². The predicted molar refractivity (Wildman–Crippen MR) is 69.0 cm³/mol. The quantitative estimate of drug-likeness (QED) is 0.750. The molecule has 0 fully saturated rings. The van der Waals surface area contributed by atoms with Gasteiger partial charge in [-0.1, -0.05) is 6.92 Å². The van der Waals surface area contributed by atoms with Crippen LogP contribution in [0.25, 0.3) is 0 Å². The molecular formula is C12H17NO4S. The summed E-state index contributed by atoms with van der Waals surface area (Å²) >= 11 is 1.33. The van der Waals surface area contributed by atoms with Crippen molar-refractivity contribution >= 4 is 23.2 Å². The standard InChI is InChI=1S/C12H17NO4S/c1-4-8-5-9(18-7(8)3)11(15)13-10(6(2)14)12(16)17/h5-6,10,14H,4H2,1-3H3,(H,13,15)(H,16,17). The molecular weight excluding hydrogens is 254 g/mol. The highest BCUT2D eigenvalue weighted by Crippen LogP contribution is 2.22. The number of aliphatic hydroxyl groups excluding tert-OH is 1. The van der Waals surface area contributed by atoms with Crippen molar-refractivity contribution in [2.24, 2.45) is 0 Å². The summed E-state index contributed by atoms with van der Waals surface area (Å²) in [5, 5.41) is 20.5. The van der Waals surface area contributed by atoms with Crippen LogP contribution in [-0.4, -0.2) is 34.2 Å². The van der Waals surface area contributed by atoms with Gasteiger partial charge in [-0.25, -0.2) is 4.79 Å². The molecule has 6 heteroatoms. The van der Waals surface area contributed by atoms with Crippen molar-refractivity contribution in [3.63, 3.8) is 0 Å². The summed E-state index contributed by atoms with van der Waals surface area (Å²) in [6, 6.07) is 0.473. The summed E-state index contributed by atoms with van der Waals surface area (Å²) < 4.78 is 0. The molecule has 1 heterocycles. The molecule has 0 saturated heterocycles. The van der Waals surface area contributed by atoms with E-state index >= 15 is 0 Å². The van der Waals surface area contributed by atoms with Crippen molar-refractivity contribution in [2.75, 3.05) is 0 Å². The van der Waals surface area contributed by atoms with Crippen LogP contribution in [0.2, 0.25) is 0 Å². The molecule has 0 aliphatic heterocycles. The van der Waals surface area contributed by atoms with E-state index in [-0.39, 0.29) is 0 Å². The Hall–Kier alpha value is -1.40. The Balaban J connectivity index is 2.83. The highest BCUT2D eigenvalue weighted by atomic mass is 32.1. The molecule has 0 aromatic carbocycles. The van der Waals surface area contributed by atoms with Gasteiger partial charge in [0.2, 0.25) is 0 Å². The number of aliphatic carboxylic acids is 1. The second-order valence-corrected chi connectivity index (χ2v) is 5.33. The molecule has 0 aliphatic carbocycles. The Morgan fingerprint density at radius 1 is 1.50 bits per heavy atom. The SMILES string of the molecule is CCc1cc(C(=O)NC(C(=O)O)C(C)O)sc1C. The molecule has 2 unspecified atom stereocenters. The molecule has 3 N–H and O–H groups in total. The van der Waals surface area contributed by atoms with Gasteiger partial charge in [-0.3, -0.25) is 4.79 Å². The minimum atomic E-state index is -1.29. The normalized spacial score (nSPS) is 14.0. The molecule has 0 saturated carbocycles. The van der Waals surface area contributed by atoms with Crippen LogP contribution in [0.15, 0.2) is 6.07 Å². The lowest BCUT2D eigenvalue weighted by Gasteiger charge is -2.16. The van der Waals surface area contributed by atoms with Crippen molar-refractivity contribution in [1.82, 2.24) is 5.32 Å². The third kappa shape index (κ3) is 3.30. The van der Waals surface area contributed by atoms with Crippen LogP contribution in [0, 0.1) is 6.92 Å². The molecule has 1 aromatic rings. The van der Waals surface area contributed by atoms with Gasteiger partial charge in [-0.2, -0.15) is 0 Å². The first-order valence-corrected chi connectivity index (χ1v) is 6.49. The van der Waals surface area contributed by atoms with Crippen LogP contribution in [0.1, 0.15) is 34.0 Å². The van der Waals surface area contributed by atoms with Crippen molar-refractivity contribution in [1.29, 1.82) is 0 Å². The average molecular weight is 271 g/mol. The molecule has 100 valence electrons. The zero-order chi connectivity index (χ0) is 13.9. The van der Waals surface area contributed by atoms with Crippen LogP contribution in [-0.2, 0) is 11.2 Å². The molecule has 0 spiro atoms. The van der Waals surface area contributed by atoms with Gasteiger partial charge < -0.3 is 15.5 Å². The number of carbonyl (C=O) groups excluding carboxylic acids is 1. The summed E-state index contributed by atoms with van der Waals surface area (Å²) in [7, 11) is 0. The first kappa shape index (κ1) is 14.7. The molecule has 1 rings (SSSR count). The molecule has 5 nitrogen and oxygen atoms in total. The number of aliphatic hydroxyl groups is 1. The minimum absolute atomic E-state index is 0.462. The third-order valence-electron chi connectivity index (χ3n) is 2.66. The summed E-state index contributed by atoms with van der Waals surface area (Å²) in [5.41, 5.74) is 1.08. The maximum atomic E-state index is 11.9. The number of carbonyl (C=O) groups is 2. The van der Waals surface area contributed by atoms with E-state index in [0.29, 0.717) is 4.88 Å². The van der Waals surface area contributed by atoms with E-state index in [1.54, 1.807) is 6.07 Å². The number of aryl methyl sites for hydroxylation is 2. The molecule has 1 amide bonds. The molecule has 1 aromatic heterocycles. The average Bonchev–Trinajstić information content (AvgIpc) is 2.66. The van der Waals surface area contributed by atoms with E-state index in [9.17, 15) is 14.7 Å². The van der Waals surface area contributed by atoms with Gasteiger partial charge in [0.1, 0.15) is 0 Å². The van der Waals surface area contributed by atoms with Crippen molar-refractivity contribution < 1.29 is 19.8 Å². The molecule has 0 aliphatic rings. The number of carboxylic acid groups (broad SMARTS) is 1. The Bertz CT molecular complexity index is 453. The lowest BCUT2D eigenvalue weighted by atomic mass is 10.1. The van der Waals surface area contributed by atoms with Gasteiger partial charge in [0.25, 0.3) is 5.91 Å². The predicted octanol–water partition coefficient (Wildman–Crippen LogP) is 1.18. The van der Waals surface area contributed by atoms with Crippen LogP contribution >= 0.6 is 11.3 Å². The monoisotopic (exact) mass is 271 g/mol. The Morgan fingerprint density at radius 3 is 2.50 bits per heavy atom. The number of carboxylic acids is 1. The maximum absolute atomic E-state index is 11.9. The topological polar surface area (TPSA) is 86.6 Å².